The molecule has 0 saturated carbocycles. The molecule has 0 spiro atoms. The van der Waals surface area contributed by atoms with Gasteiger partial charge in [-0.25, -0.2) is 0 Å². The van der Waals surface area contributed by atoms with Crippen LogP contribution < -0.4 is 5.73 Å². The number of halogens is 1. The molecule has 0 atom stereocenters. The lowest BCUT2D eigenvalue weighted by atomic mass is 10.00. The van der Waals surface area contributed by atoms with E-state index in [1.165, 1.54) is 5.39 Å². The summed E-state index contributed by atoms with van der Waals surface area (Å²) in [7, 11) is 0. The van der Waals surface area contributed by atoms with E-state index in [2.05, 4.69) is 12.1 Å². The molecular formula is C13H14ClNO. The number of aryl methyl sites for hydroxylation is 1. The number of hydrogen-bond donors (Lipinski definition) is 1. The highest BCUT2D eigenvalue weighted by Crippen LogP contribution is 2.19. The molecule has 3 heteroatoms. The van der Waals surface area contributed by atoms with Crippen LogP contribution in [0.5, 0.6) is 0 Å². The van der Waals surface area contributed by atoms with Gasteiger partial charge in [0.1, 0.15) is 0 Å². The van der Waals surface area contributed by atoms with Gasteiger partial charge in [0.25, 0.3) is 0 Å². The summed E-state index contributed by atoms with van der Waals surface area (Å²) in [5.41, 5.74) is 7.33. The van der Waals surface area contributed by atoms with Crippen LogP contribution in [0.1, 0.15) is 11.1 Å². The van der Waals surface area contributed by atoms with Gasteiger partial charge in [-0.1, -0.05) is 36.4 Å². The summed E-state index contributed by atoms with van der Waals surface area (Å²) >= 11 is 0. The average molecular weight is 236 g/mol. The van der Waals surface area contributed by atoms with E-state index in [1.54, 1.807) is 0 Å². The minimum absolute atomic E-state index is 0. The summed E-state index contributed by atoms with van der Waals surface area (Å²) in [6.07, 6.45) is 0.316. The van der Waals surface area contributed by atoms with Crippen molar-refractivity contribution in [3.63, 3.8) is 0 Å². The molecule has 0 heterocycles. The maximum atomic E-state index is 10.9. The van der Waals surface area contributed by atoms with Gasteiger partial charge in [0.2, 0.25) is 5.91 Å². The van der Waals surface area contributed by atoms with Crippen molar-refractivity contribution in [2.45, 2.75) is 13.3 Å². The van der Waals surface area contributed by atoms with E-state index in [0.29, 0.717) is 6.42 Å². The summed E-state index contributed by atoms with van der Waals surface area (Å²) in [5.74, 6) is -0.284. The van der Waals surface area contributed by atoms with Crippen LogP contribution in [-0.4, -0.2) is 5.91 Å². The smallest absolute Gasteiger partial charge is 0.221 e. The van der Waals surface area contributed by atoms with Crippen molar-refractivity contribution < 1.29 is 4.79 Å². The lowest BCUT2D eigenvalue weighted by molar-refractivity contribution is -0.117. The highest BCUT2D eigenvalue weighted by atomic mass is 35.5. The third-order valence-electron chi connectivity index (χ3n) is 2.57. The molecule has 84 valence electrons. The Balaban J connectivity index is 0.00000128. The average Bonchev–Trinajstić information content (AvgIpc) is 2.18. The van der Waals surface area contributed by atoms with Gasteiger partial charge in [0, 0.05) is 0 Å². The Morgan fingerprint density at radius 3 is 2.31 bits per heavy atom. The Morgan fingerprint density at radius 2 is 1.75 bits per heavy atom. The van der Waals surface area contributed by atoms with Crippen LogP contribution >= 0.6 is 12.4 Å². The number of amides is 1. The molecule has 2 rings (SSSR count). The monoisotopic (exact) mass is 235 g/mol. The number of hydrogen-bond acceptors (Lipinski definition) is 1. The van der Waals surface area contributed by atoms with Gasteiger partial charge in [0.05, 0.1) is 6.42 Å². The number of nitrogens with two attached hydrogens (primary N) is 1. The van der Waals surface area contributed by atoms with E-state index < -0.39 is 0 Å². The lowest BCUT2D eigenvalue weighted by Gasteiger charge is -2.06. The Hall–Kier alpha value is -1.54. The highest BCUT2D eigenvalue weighted by Gasteiger charge is 2.03. The third-order valence-corrected chi connectivity index (χ3v) is 2.57. The predicted molar refractivity (Wildman–Crippen MR) is 68.8 cm³/mol. The molecule has 2 aromatic rings. The maximum absolute atomic E-state index is 10.9. The Kier molecular flexibility index (Phi) is 3.91. The first kappa shape index (κ1) is 12.5. The molecular weight excluding hydrogens is 222 g/mol. The van der Waals surface area contributed by atoms with Gasteiger partial charge >= 0.3 is 0 Å². The minimum atomic E-state index is -0.284. The number of rotatable bonds is 2. The molecule has 0 unspecified atom stereocenters. The fourth-order valence-electron chi connectivity index (χ4n) is 1.78. The van der Waals surface area contributed by atoms with E-state index in [0.717, 1.165) is 16.5 Å². The predicted octanol–water partition coefficient (Wildman–Crippen LogP) is 2.60. The topological polar surface area (TPSA) is 43.1 Å². The zero-order chi connectivity index (χ0) is 10.8. The van der Waals surface area contributed by atoms with E-state index in [9.17, 15) is 4.79 Å². The first-order chi connectivity index (χ1) is 7.16. The highest BCUT2D eigenvalue weighted by molar-refractivity contribution is 5.86. The van der Waals surface area contributed by atoms with Gasteiger partial charge in [0.15, 0.2) is 0 Å². The molecule has 0 radical (unpaired) electrons. The second kappa shape index (κ2) is 4.99. The molecule has 2 nitrogen and oxygen atoms in total. The molecule has 2 N–H and O–H groups in total. The SMILES string of the molecule is Cc1cc2ccccc2cc1CC(N)=O.Cl. The molecule has 1 amide bonds. The van der Waals surface area contributed by atoms with Crippen LogP contribution in [0.2, 0.25) is 0 Å². The molecule has 0 aliphatic heterocycles. The molecule has 16 heavy (non-hydrogen) atoms. The van der Waals surface area contributed by atoms with Crippen LogP contribution in [0.3, 0.4) is 0 Å². The van der Waals surface area contributed by atoms with E-state index in [-0.39, 0.29) is 18.3 Å². The second-order valence-electron chi connectivity index (χ2n) is 3.77. The number of primary amides is 1. The standard InChI is InChI=1S/C13H13NO.ClH/c1-9-6-10-4-2-3-5-11(10)7-12(9)8-13(14)15;/h2-7H,8H2,1H3,(H2,14,15);1H. The van der Waals surface area contributed by atoms with Crippen molar-refractivity contribution in [2.24, 2.45) is 5.73 Å². The summed E-state index contributed by atoms with van der Waals surface area (Å²) < 4.78 is 0. The number of carbonyl (C=O) groups is 1. The molecule has 0 aliphatic rings. The van der Waals surface area contributed by atoms with Crippen molar-refractivity contribution in [3.05, 3.63) is 47.5 Å². The minimum Gasteiger partial charge on any atom is -0.369 e. The molecule has 0 aliphatic carbocycles. The molecule has 0 aromatic heterocycles. The van der Waals surface area contributed by atoms with Crippen molar-refractivity contribution >= 4 is 29.1 Å². The van der Waals surface area contributed by atoms with Crippen LogP contribution in [0.15, 0.2) is 36.4 Å². The van der Waals surface area contributed by atoms with Crippen molar-refractivity contribution in [3.8, 4) is 0 Å². The fourth-order valence-corrected chi connectivity index (χ4v) is 1.78. The van der Waals surface area contributed by atoms with Crippen molar-refractivity contribution in [1.82, 2.24) is 0 Å². The Morgan fingerprint density at radius 1 is 1.19 bits per heavy atom. The summed E-state index contributed by atoms with van der Waals surface area (Å²) in [6.45, 7) is 2.00. The third kappa shape index (κ3) is 2.52. The largest absolute Gasteiger partial charge is 0.369 e. The zero-order valence-corrected chi connectivity index (χ0v) is 9.88. The van der Waals surface area contributed by atoms with Crippen molar-refractivity contribution in [1.29, 1.82) is 0 Å². The number of fused-ring (bicyclic) bond motifs is 1. The van der Waals surface area contributed by atoms with Gasteiger partial charge < -0.3 is 5.73 Å². The Bertz CT molecular complexity index is 522. The van der Waals surface area contributed by atoms with Crippen molar-refractivity contribution in [2.75, 3.05) is 0 Å². The normalized spacial score (nSPS) is 9.81. The van der Waals surface area contributed by atoms with E-state index in [4.69, 9.17) is 5.73 Å². The van der Waals surface area contributed by atoms with Gasteiger partial charge in [-0.15, -0.1) is 12.4 Å². The van der Waals surface area contributed by atoms with Crippen LogP contribution in [0.25, 0.3) is 10.8 Å². The van der Waals surface area contributed by atoms with Gasteiger partial charge in [-0.2, -0.15) is 0 Å². The molecule has 0 bridgehead atoms. The molecule has 0 fully saturated rings. The zero-order valence-electron chi connectivity index (χ0n) is 9.07. The Labute approximate surface area is 101 Å². The second-order valence-corrected chi connectivity index (χ2v) is 3.77. The summed E-state index contributed by atoms with van der Waals surface area (Å²) in [6, 6.07) is 12.2. The van der Waals surface area contributed by atoms with Gasteiger partial charge in [-0.3, -0.25) is 4.79 Å². The fraction of sp³-hybridized carbons (Fsp3) is 0.154. The molecule has 2 aromatic carbocycles. The van der Waals surface area contributed by atoms with Gasteiger partial charge in [-0.05, 0) is 28.8 Å². The van der Waals surface area contributed by atoms with E-state index in [1.807, 2.05) is 31.2 Å². The maximum Gasteiger partial charge on any atom is 0.221 e. The lowest BCUT2D eigenvalue weighted by Crippen LogP contribution is -2.14. The first-order valence-corrected chi connectivity index (χ1v) is 4.93. The molecule has 0 saturated heterocycles. The number of carbonyl (C=O) groups excluding carboxylic acids is 1. The van der Waals surface area contributed by atoms with Crippen LogP contribution in [-0.2, 0) is 11.2 Å². The summed E-state index contributed by atoms with van der Waals surface area (Å²) in [5, 5.41) is 2.35. The van der Waals surface area contributed by atoms with E-state index >= 15 is 0 Å². The summed E-state index contributed by atoms with van der Waals surface area (Å²) in [4.78, 5) is 10.9. The van der Waals surface area contributed by atoms with Crippen LogP contribution in [0, 0.1) is 6.92 Å². The number of benzene rings is 2. The van der Waals surface area contributed by atoms with Crippen LogP contribution in [0.4, 0.5) is 0 Å². The first-order valence-electron chi connectivity index (χ1n) is 4.93. The quantitative estimate of drug-likeness (QED) is 0.854.